The molecule has 0 fully saturated rings. The third-order valence-corrected chi connectivity index (χ3v) is 6.98. The van der Waals surface area contributed by atoms with Gasteiger partial charge in [0.1, 0.15) is 17.1 Å². The van der Waals surface area contributed by atoms with Crippen LogP contribution in [0.5, 0.6) is 5.75 Å². The summed E-state index contributed by atoms with van der Waals surface area (Å²) in [6.07, 6.45) is 3.01. The average Bonchev–Trinajstić information content (AvgIpc) is 3.33. The Kier molecular flexibility index (Phi) is 7.62. The van der Waals surface area contributed by atoms with Crippen LogP contribution in [0.15, 0.2) is 57.9 Å². The SMILES string of the molecule is COc1cc(=O)n2c(c1C(=O)N(C)[C@H](C)c1ccco1)CCN(C(=O)CCc1ccc(C)cc1)CC2. The number of furan rings is 1. The Balaban J connectivity index is 1.55. The Bertz CT molecular complexity index is 1280. The molecule has 0 aliphatic carbocycles. The number of pyridine rings is 1. The summed E-state index contributed by atoms with van der Waals surface area (Å²) < 4.78 is 12.6. The Morgan fingerprint density at radius 3 is 2.56 bits per heavy atom. The average molecular weight is 492 g/mol. The Hall–Kier alpha value is -3.81. The lowest BCUT2D eigenvalue weighted by Crippen LogP contribution is -2.34. The summed E-state index contributed by atoms with van der Waals surface area (Å²) in [5.41, 5.74) is 3.01. The number of hydrogen-bond donors (Lipinski definition) is 0. The first kappa shape index (κ1) is 25.3. The predicted octanol–water partition coefficient (Wildman–Crippen LogP) is 3.61. The van der Waals surface area contributed by atoms with Crippen LogP contribution in [0.3, 0.4) is 0 Å². The van der Waals surface area contributed by atoms with Gasteiger partial charge in [0, 0.05) is 51.3 Å². The van der Waals surface area contributed by atoms with Gasteiger partial charge in [0.2, 0.25) is 5.91 Å². The molecule has 3 heterocycles. The molecule has 1 atom stereocenters. The van der Waals surface area contributed by atoms with E-state index < -0.39 is 0 Å². The van der Waals surface area contributed by atoms with Crippen molar-refractivity contribution in [3.05, 3.63) is 87.2 Å². The van der Waals surface area contributed by atoms with Crippen LogP contribution in [0.1, 0.15) is 52.3 Å². The second-order valence-corrected chi connectivity index (χ2v) is 9.25. The fourth-order valence-electron chi connectivity index (χ4n) is 4.63. The highest BCUT2D eigenvalue weighted by atomic mass is 16.5. The molecule has 8 heteroatoms. The number of fused-ring (bicyclic) bond motifs is 1. The van der Waals surface area contributed by atoms with E-state index >= 15 is 0 Å². The molecular weight excluding hydrogens is 458 g/mol. The van der Waals surface area contributed by atoms with E-state index in [0.717, 1.165) is 5.56 Å². The van der Waals surface area contributed by atoms with Gasteiger partial charge in [-0.05, 0) is 38.0 Å². The van der Waals surface area contributed by atoms with E-state index in [1.807, 2.05) is 44.2 Å². The van der Waals surface area contributed by atoms with E-state index in [1.54, 1.807) is 33.7 Å². The molecule has 4 rings (SSSR count). The van der Waals surface area contributed by atoms with E-state index in [-0.39, 0.29) is 29.2 Å². The van der Waals surface area contributed by atoms with Gasteiger partial charge in [-0.3, -0.25) is 14.4 Å². The maximum Gasteiger partial charge on any atom is 0.259 e. The van der Waals surface area contributed by atoms with Gasteiger partial charge in [0.05, 0.1) is 19.4 Å². The highest BCUT2D eigenvalue weighted by Gasteiger charge is 2.30. The number of methoxy groups -OCH3 is 1. The van der Waals surface area contributed by atoms with Crippen molar-refractivity contribution in [2.45, 2.75) is 45.7 Å². The number of amides is 2. The number of nitrogens with zero attached hydrogens (tertiary/aromatic N) is 3. The molecule has 190 valence electrons. The van der Waals surface area contributed by atoms with Crippen molar-refractivity contribution in [1.29, 1.82) is 0 Å². The lowest BCUT2D eigenvalue weighted by Gasteiger charge is -2.26. The summed E-state index contributed by atoms with van der Waals surface area (Å²) in [6, 6.07) is 12.8. The monoisotopic (exact) mass is 491 g/mol. The summed E-state index contributed by atoms with van der Waals surface area (Å²) in [6.45, 7) is 5.09. The van der Waals surface area contributed by atoms with Gasteiger partial charge in [0.25, 0.3) is 11.5 Å². The molecule has 36 heavy (non-hydrogen) atoms. The number of carbonyl (C=O) groups excluding carboxylic acids is 2. The van der Waals surface area contributed by atoms with Crippen LogP contribution < -0.4 is 10.3 Å². The minimum atomic E-state index is -0.310. The lowest BCUT2D eigenvalue weighted by molar-refractivity contribution is -0.131. The highest BCUT2D eigenvalue weighted by Crippen LogP contribution is 2.28. The minimum Gasteiger partial charge on any atom is -0.496 e. The van der Waals surface area contributed by atoms with Gasteiger partial charge in [-0.25, -0.2) is 0 Å². The molecule has 0 unspecified atom stereocenters. The van der Waals surface area contributed by atoms with Crippen molar-refractivity contribution in [3.8, 4) is 5.75 Å². The fraction of sp³-hybridized carbons (Fsp3) is 0.393. The number of ether oxygens (including phenoxy) is 1. The zero-order valence-corrected chi connectivity index (χ0v) is 21.3. The fourth-order valence-corrected chi connectivity index (χ4v) is 4.63. The molecule has 8 nitrogen and oxygen atoms in total. The number of hydrogen-bond acceptors (Lipinski definition) is 5. The van der Waals surface area contributed by atoms with Crippen LogP contribution in [-0.4, -0.2) is 53.4 Å². The normalized spacial score (nSPS) is 14.1. The molecule has 0 radical (unpaired) electrons. The molecule has 1 aliphatic heterocycles. The Morgan fingerprint density at radius 2 is 1.89 bits per heavy atom. The van der Waals surface area contributed by atoms with Crippen LogP contribution in [-0.2, 0) is 24.2 Å². The first-order chi connectivity index (χ1) is 17.3. The molecule has 0 bridgehead atoms. The van der Waals surface area contributed by atoms with E-state index in [2.05, 4.69) is 0 Å². The molecule has 2 amide bonds. The molecule has 0 saturated heterocycles. The van der Waals surface area contributed by atoms with E-state index in [0.29, 0.717) is 55.9 Å². The number of aromatic nitrogens is 1. The summed E-state index contributed by atoms with van der Waals surface area (Å²) in [5, 5.41) is 0. The maximum absolute atomic E-state index is 13.7. The molecular formula is C28H33N3O5. The smallest absolute Gasteiger partial charge is 0.259 e. The van der Waals surface area contributed by atoms with E-state index in [9.17, 15) is 14.4 Å². The second-order valence-electron chi connectivity index (χ2n) is 9.25. The topological polar surface area (TPSA) is 85.0 Å². The predicted molar refractivity (Wildman–Crippen MR) is 136 cm³/mol. The van der Waals surface area contributed by atoms with Crippen LogP contribution in [0.2, 0.25) is 0 Å². The zero-order chi connectivity index (χ0) is 25.8. The molecule has 0 spiro atoms. The summed E-state index contributed by atoms with van der Waals surface area (Å²) >= 11 is 0. The molecule has 0 N–H and O–H groups in total. The quantitative estimate of drug-likeness (QED) is 0.504. The molecule has 3 aromatic rings. The van der Waals surface area contributed by atoms with E-state index in [1.165, 1.54) is 18.7 Å². The number of rotatable bonds is 7. The van der Waals surface area contributed by atoms with Gasteiger partial charge < -0.3 is 23.5 Å². The molecule has 1 aliphatic rings. The molecule has 1 aromatic carbocycles. The van der Waals surface area contributed by atoms with Gasteiger partial charge in [0.15, 0.2) is 0 Å². The summed E-state index contributed by atoms with van der Waals surface area (Å²) in [5.74, 6) is 0.682. The van der Waals surface area contributed by atoms with Gasteiger partial charge in [-0.1, -0.05) is 29.8 Å². The van der Waals surface area contributed by atoms with Crippen molar-refractivity contribution in [2.75, 3.05) is 27.2 Å². The Morgan fingerprint density at radius 1 is 1.14 bits per heavy atom. The largest absolute Gasteiger partial charge is 0.496 e. The van der Waals surface area contributed by atoms with Crippen molar-refractivity contribution >= 4 is 11.8 Å². The van der Waals surface area contributed by atoms with E-state index in [4.69, 9.17) is 9.15 Å². The van der Waals surface area contributed by atoms with Gasteiger partial charge >= 0.3 is 0 Å². The third-order valence-electron chi connectivity index (χ3n) is 6.98. The third kappa shape index (κ3) is 5.22. The first-order valence-electron chi connectivity index (χ1n) is 12.2. The number of carbonyl (C=O) groups is 2. The van der Waals surface area contributed by atoms with Crippen molar-refractivity contribution in [3.63, 3.8) is 0 Å². The summed E-state index contributed by atoms with van der Waals surface area (Å²) in [7, 11) is 3.16. The highest BCUT2D eigenvalue weighted by molar-refractivity contribution is 5.98. The molecule has 0 saturated carbocycles. The number of aryl methyl sites for hydroxylation is 2. The summed E-state index contributed by atoms with van der Waals surface area (Å²) in [4.78, 5) is 43.0. The van der Waals surface area contributed by atoms with Crippen molar-refractivity contribution < 1.29 is 18.7 Å². The first-order valence-corrected chi connectivity index (χ1v) is 12.2. The number of benzene rings is 1. The second kappa shape index (κ2) is 10.8. The standard InChI is InChI=1S/C28H33N3O5/c1-19-7-9-21(10-8-19)11-12-25(32)30-14-13-22-27(24(35-4)18-26(33)31(22)16-15-30)28(34)29(3)20(2)23-6-5-17-36-23/h5-10,17-18,20H,11-16H2,1-4H3/t20-/m1/s1. The van der Waals surface area contributed by atoms with Crippen LogP contribution in [0, 0.1) is 6.92 Å². The maximum atomic E-state index is 13.7. The zero-order valence-electron chi connectivity index (χ0n) is 21.3. The Labute approximate surface area is 211 Å². The van der Waals surface area contributed by atoms with Crippen molar-refractivity contribution in [2.24, 2.45) is 0 Å². The van der Waals surface area contributed by atoms with Gasteiger partial charge in [-0.2, -0.15) is 0 Å². The van der Waals surface area contributed by atoms with Gasteiger partial charge in [-0.15, -0.1) is 0 Å². The lowest BCUT2D eigenvalue weighted by atomic mass is 10.1. The molecule has 2 aromatic heterocycles. The van der Waals surface area contributed by atoms with Crippen LogP contribution in [0.25, 0.3) is 0 Å². The van der Waals surface area contributed by atoms with Crippen LogP contribution in [0.4, 0.5) is 0 Å². The minimum absolute atomic E-state index is 0.0415. The van der Waals surface area contributed by atoms with Crippen LogP contribution >= 0.6 is 0 Å². The van der Waals surface area contributed by atoms with Crippen molar-refractivity contribution in [1.82, 2.24) is 14.4 Å².